The number of benzene rings is 2. The van der Waals surface area contributed by atoms with E-state index in [4.69, 9.17) is 32.7 Å². The number of aliphatic hydroxyl groups excluding tert-OH is 2. The number of nitrogens with zero attached hydrogens (tertiary/aromatic N) is 2. The number of hydrogen-bond acceptors (Lipinski definition) is 6. The van der Waals surface area contributed by atoms with Gasteiger partial charge in [0.05, 0.1) is 24.3 Å². The van der Waals surface area contributed by atoms with Crippen LogP contribution >= 0.6 is 23.2 Å². The van der Waals surface area contributed by atoms with Gasteiger partial charge in [-0.2, -0.15) is 0 Å². The SMILES string of the molecule is C[C@@H](c1ccccc1Cl)N1CCC2(CCC(O)CC2)OC1=O.C[C@@H](c1ccccc1Cl)N1CCC2(CCC(O)CC2)OC1=O. The quantitative estimate of drug-likeness (QED) is 0.351. The number of halogens is 2. The molecule has 6 rings (SSSR count). The van der Waals surface area contributed by atoms with Crippen LogP contribution in [0, 0.1) is 0 Å². The number of amides is 2. The van der Waals surface area contributed by atoms with Crippen LogP contribution in [0.4, 0.5) is 9.59 Å². The summed E-state index contributed by atoms with van der Waals surface area (Å²) in [5.74, 6) is 0. The highest BCUT2D eigenvalue weighted by molar-refractivity contribution is 6.31. The van der Waals surface area contributed by atoms with Gasteiger partial charge in [-0.1, -0.05) is 59.6 Å². The number of rotatable bonds is 4. The van der Waals surface area contributed by atoms with Gasteiger partial charge >= 0.3 is 12.2 Å². The van der Waals surface area contributed by atoms with Crippen LogP contribution in [-0.2, 0) is 9.47 Å². The predicted molar refractivity (Wildman–Crippen MR) is 170 cm³/mol. The number of ether oxygens (including phenoxy) is 2. The summed E-state index contributed by atoms with van der Waals surface area (Å²) in [6, 6.07) is 15.0. The Hall–Kier alpha value is -2.52. The molecule has 2 spiro atoms. The van der Waals surface area contributed by atoms with E-state index >= 15 is 0 Å². The lowest BCUT2D eigenvalue weighted by atomic mass is 9.80. The minimum absolute atomic E-state index is 0.104. The molecule has 2 atom stereocenters. The molecule has 0 aromatic heterocycles. The van der Waals surface area contributed by atoms with Crippen LogP contribution in [0.5, 0.6) is 0 Å². The Morgan fingerprint density at radius 2 is 1.00 bits per heavy atom. The summed E-state index contributed by atoms with van der Waals surface area (Å²) in [6.07, 6.45) is 6.51. The van der Waals surface area contributed by atoms with E-state index in [2.05, 4.69) is 0 Å². The summed E-state index contributed by atoms with van der Waals surface area (Å²) in [7, 11) is 0. The minimum Gasteiger partial charge on any atom is -0.443 e. The van der Waals surface area contributed by atoms with Crippen LogP contribution in [-0.4, -0.2) is 68.7 Å². The highest BCUT2D eigenvalue weighted by Gasteiger charge is 2.45. The van der Waals surface area contributed by atoms with Crippen molar-refractivity contribution in [3.8, 4) is 0 Å². The van der Waals surface area contributed by atoms with Gasteiger partial charge in [-0.05, 0) is 88.5 Å². The molecule has 2 saturated heterocycles. The van der Waals surface area contributed by atoms with Gasteiger partial charge in [-0.25, -0.2) is 9.59 Å². The zero-order valence-electron chi connectivity index (χ0n) is 25.6. The van der Waals surface area contributed by atoms with Gasteiger partial charge < -0.3 is 29.5 Å². The van der Waals surface area contributed by atoms with Crippen LogP contribution in [0.25, 0.3) is 0 Å². The molecule has 2 N–H and O–H groups in total. The highest BCUT2D eigenvalue weighted by Crippen LogP contribution is 2.41. The standard InChI is InChI=1S/2C17H22ClNO3/c2*1-12(14-4-2-3-5-15(14)18)19-11-10-17(22-16(19)21)8-6-13(20)7-9-17/h2*2-5,12-13,20H,6-11H2,1H3/t2*12-,13?,17?/m00/s1. The molecule has 240 valence electrons. The van der Waals surface area contributed by atoms with Gasteiger partial charge in [0.1, 0.15) is 11.2 Å². The molecule has 10 heteroatoms. The lowest BCUT2D eigenvalue weighted by molar-refractivity contribution is -0.0911. The Morgan fingerprint density at radius 3 is 1.32 bits per heavy atom. The predicted octanol–water partition coefficient (Wildman–Crippen LogP) is 7.83. The molecular weight excluding hydrogens is 603 g/mol. The summed E-state index contributed by atoms with van der Waals surface area (Å²) >= 11 is 12.5. The lowest BCUT2D eigenvalue weighted by Crippen LogP contribution is -2.52. The van der Waals surface area contributed by atoms with Crippen molar-refractivity contribution in [3.05, 3.63) is 69.7 Å². The van der Waals surface area contributed by atoms with Crippen LogP contribution in [0.2, 0.25) is 10.0 Å². The molecule has 2 heterocycles. The average Bonchev–Trinajstić information content (AvgIpc) is 3.01. The van der Waals surface area contributed by atoms with Crippen LogP contribution in [0.1, 0.15) is 101 Å². The molecule has 44 heavy (non-hydrogen) atoms. The van der Waals surface area contributed by atoms with Gasteiger partial charge in [0.25, 0.3) is 0 Å². The van der Waals surface area contributed by atoms with Crippen molar-refractivity contribution < 1.29 is 29.3 Å². The summed E-state index contributed by atoms with van der Waals surface area (Å²) in [6.45, 7) is 5.29. The van der Waals surface area contributed by atoms with Gasteiger partial charge in [0.15, 0.2) is 0 Å². The Kier molecular flexibility index (Phi) is 10.3. The monoisotopic (exact) mass is 646 g/mol. The van der Waals surface area contributed by atoms with Gasteiger partial charge in [-0.3, -0.25) is 0 Å². The number of aliphatic hydroxyl groups is 2. The third kappa shape index (κ3) is 7.30. The topological polar surface area (TPSA) is 99.5 Å². The summed E-state index contributed by atoms with van der Waals surface area (Å²) in [4.78, 5) is 28.4. The highest BCUT2D eigenvalue weighted by atomic mass is 35.5. The fourth-order valence-corrected chi connectivity index (χ4v) is 7.64. The van der Waals surface area contributed by atoms with E-state index in [-0.39, 0.29) is 47.7 Å². The first kappa shape index (κ1) is 32.9. The maximum atomic E-state index is 12.5. The molecule has 2 aliphatic heterocycles. The third-order valence-corrected chi connectivity index (χ3v) is 10.8. The molecule has 0 radical (unpaired) electrons. The van der Waals surface area contributed by atoms with E-state index in [1.165, 1.54) is 0 Å². The summed E-state index contributed by atoms with van der Waals surface area (Å²) < 4.78 is 11.6. The maximum absolute atomic E-state index is 12.5. The molecule has 4 aliphatic rings. The smallest absolute Gasteiger partial charge is 0.410 e. The van der Waals surface area contributed by atoms with Crippen molar-refractivity contribution in [2.24, 2.45) is 0 Å². The first-order valence-electron chi connectivity index (χ1n) is 15.9. The van der Waals surface area contributed by atoms with Gasteiger partial charge in [0, 0.05) is 36.0 Å². The van der Waals surface area contributed by atoms with E-state index in [9.17, 15) is 19.8 Å². The van der Waals surface area contributed by atoms with Gasteiger partial charge in [0.2, 0.25) is 0 Å². The van der Waals surface area contributed by atoms with E-state index in [0.717, 1.165) is 49.7 Å². The zero-order chi connectivity index (χ0) is 31.5. The first-order chi connectivity index (χ1) is 21.0. The lowest BCUT2D eigenvalue weighted by Gasteiger charge is -2.45. The molecule has 2 aliphatic carbocycles. The Labute approximate surface area is 270 Å². The molecule has 4 fully saturated rings. The summed E-state index contributed by atoms with van der Waals surface area (Å²) in [5.41, 5.74) is 1.15. The normalized spacial score (nSPS) is 30.2. The maximum Gasteiger partial charge on any atom is 0.410 e. The van der Waals surface area contributed by atoms with Crippen molar-refractivity contribution >= 4 is 35.4 Å². The Bertz CT molecular complexity index is 1210. The Morgan fingerprint density at radius 1 is 0.659 bits per heavy atom. The largest absolute Gasteiger partial charge is 0.443 e. The molecule has 2 saturated carbocycles. The van der Waals surface area contributed by atoms with Crippen LogP contribution < -0.4 is 0 Å². The van der Waals surface area contributed by atoms with Gasteiger partial charge in [-0.15, -0.1) is 0 Å². The van der Waals surface area contributed by atoms with Crippen molar-refractivity contribution in [1.82, 2.24) is 9.80 Å². The molecule has 2 amide bonds. The molecule has 8 nitrogen and oxygen atoms in total. The molecule has 0 unspecified atom stereocenters. The van der Waals surface area contributed by atoms with E-state index in [0.29, 0.717) is 48.8 Å². The number of carbonyl (C=O) groups is 2. The fourth-order valence-electron chi connectivity index (χ4n) is 7.05. The third-order valence-electron chi connectivity index (χ3n) is 10.1. The van der Waals surface area contributed by atoms with Crippen LogP contribution in [0.3, 0.4) is 0 Å². The van der Waals surface area contributed by atoms with Crippen molar-refractivity contribution in [2.75, 3.05) is 13.1 Å². The van der Waals surface area contributed by atoms with Crippen molar-refractivity contribution in [1.29, 1.82) is 0 Å². The van der Waals surface area contributed by atoms with E-state index in [1.54, 1.807) is 9.80 Å². The molecule has 0 bridgehead atoms. The minimum atomic E-state index is -0.368. The molecule has 2 aromatic carbocycles. The molecule has 2 aromatic rings. The Balaban J connectivity index is 0.000000175. The zero-order valence-corrected chi connectivity index (χ0v) is 27.1. The average molecular weight is 648 g/mol. The second-order valence-electron chi connectivity index (χ2n) is 12.8. The number of carbonyl (C=O) groups excluding carboxylic acids is 2. The molecular formula is C34H44Cl2N2O6. The number of hydrogen-bond donors (Lipinski definition) is 2. The summed E-state index contributed by atoms with van der Waals surface area (Å²) in [5, 5.41) is 20.6. The second-order valence-corrected chi connectivity index (χ2v) is 13.7. The first-order valence-corrected chi connectivity index (χ1v) is 16.6. The van der Waals surface area contributed by atoms with E-state index in [1.807, 2.05) is 62.4 Å². The van der Waals surface area contributed by atoms with Crippen molar-refractivity contribution in [3.63, 3.8) is 0 Å². The van der Waals surface area contributed by atoms with Crippen molar-refractivity contribution in [2.45, 2.75) is 114 Å². The van der Waals surface area contributed by atoms with E-state index < -0.39 is 0 Å². The second kappa shape index (κ2) is 13.9. The van der Waals surface area contributed by atoms with Crippen LogP contribution in [0.15, 0.2) is 48.5 Å². The fraction of sp³-hybridized carbons (Fsp3) is 0.588.